The van der Waals surface area contributed by atoms with Crippen LogP contribution in [-0.4, -0.2) is 73.4 Å². The Balaban J connectivity index is 1.22. The number of piperazine rings is 1. The predicted octanol–water partition coefficient (Wildman–Crippen LogP) is 2.16. The largest absolute Gasteiger partial charge is 0.491 e. The maximum Gasteiger partial charge on any atom is 0.243 e. The van der Waals surface area contributed by atoms with Crippen molar-refractivity contribution in [3.63, 3.8) is 0 Å². The third kappa shape index (κ3) is 3.92. The zero-order valence-corrected chi connectivity index (χ0v) is 21.2. The standard InChI is InChI=1S/C24H26FN5O4S2/c25-18-2-1-3-20-17(18)15-28(12-13-34-20)23-27-19-5-4-16(14-21(19)35-23)36(32,33)30-10-8-29(9-11-30)24(6-7-24)22(26)31/h1-5,14H,6-13,15H2,(H2,26,31). The molecule has 1 saturated heterocycles. The average Bonchev–Trinajstić information content (AvgIpc) is 3.62. The number of sulfonamides is 1. The number of thiazole rings is 1. The zero-order valence-electron chi connectivity index (χ0n) is 19.5. The quantitative estimate of drug-likeness (QED) is 0.537. The third-order valence-electron chi connectivity index (χ3n) is 7.33. The first-order valence-corrected chi connectivity index (χ1v) is 14.1. The molecule has 3 heterocycles. The van der Waals surface area contributed by atoms with Crippen LogP contribution in [0.4, 0.5) is 9.52 Å². The fraction of sp³-hybridized carbons (Fsp3) is 0.417. The van der Waals surface area contributed by atoms with Gasteiger partial charge < -0.3 is 15.4 Å². The van der Waals surface area contributed by atoms with Crippen LogP contribution in [0.3, 0.4) is 0 Å². The van der Waals surface area contributed by atoms with Gasteiger partial charge in [0.05, 0.1) is 28.2 Å². The molecule has 0 atom stereocenters. The number of carbonyl (C=O) groups is 1. The van der Waals surface area contributed by atoms with Crippen molar-refractivity contribution < 1.29 is 22.3 Å². The van der Waals surface area contributed by atoms with Gasteiger partial charge in [-0.25, -0.2) is 17.8 Å². The van der Waals surface area contributed by atoms with Gasteiger partial charge in [0.1, 0.15) is 23.7 Å². The molecule has 0 unspecified atom stereocenters. The number of halogens is 1. The smallest absolute Gasteiger partial charge is 0.243 e. The second kappa shape index (κ2) is 8.65. The van der Waals surface area contributed by atoms with Gasteiger partial charge in [0, 0.05) is 31.7 Å². The lowest BCUT2D eigenvalue weighted by atomic mass is 10.2. The predicted molar refractivity (Wildman–Crippen MR) is 134 cm³/mol. The lowest BCUT2D eigenvalue weighted by molar-refractivity contribution is -0.125. The Morgan fingerprint density at radius 1 is 1.11 bits per heavy atom. The number of aromatic nitrogens is 1. The minimum Gasteiger partial charge on any atom is -0.491 e. The monoisotopic (exact) mass is 531 g/mol. The van der Waals surface area contributed by atoms with Crippen LogP contribution in [0.5, 0.6) is 5.75 Å². The Bertz CT molecular complexity index is 1450. The van der Waals surface area contributed by atoms with Crippen LogP contribution in [0.2, 0.25) is 0 Å². The number of carbonyl (C=O) groups excluding carboxylic acids is 1. The van der Waals surface area contributed by atoms with Crippen molar-refractivity contribution >= 4 is 42.6 Å². The van der Waals surface area contributed by atoms with E-state index in [1.54, 1.807) is 30.3 Å². The highest BCUT2D eigenvalue weighted by Crippen LogP contribution is 2.42. The van der Waals surface area contributed by atoms with Crippen LogP contribution < -0.4 is 15.4 Å². The number of primary amides is 1. The minimum absolute atomic E-state index is 0.213. The van der Waals surface area contributed by atoms with Gasteiger partial charge in [-0.1, -0.05) is 17.4 Å². The molecule has 1 aliphatic carbocycles. The van der Waals surface area contributed by atoms with Gasteiger partial charge in [-0.05, 0) is 43.2 Å². The van der Waals surface area contributed by atoms with Gasteiger partial charge in [-0.15, -0.1) is 0 Å². The van der Waals surface area contributed by atoms with Crippen molar-refractivity contribution in [2.45, 2.75) is 29.8 Å². The Hall–Kier alpha value is -2.80. The summed E-state index contributed by atoms with van der Waals surface area (Å²) in [6.07, 6.45) is 1.47. The number of hydrogen-bond donors (Lipinski definition) is 1. The molecule has 2 fully saturated rings. The highest BCUT2D eigenvalue weighted by Gasteiger charge is 2.54. The van der Waals surface area contributed by atoms with Gasteiger partial charge in [-0.2, -0.15) is 4.31 Å². The number of fused-ring (bicyclic) bond motifs is 2. The van der Waals surface area contributed by atoms with Crippen molar-refractivity contribution in [3.8, 4) is 5.75 Å². The SMILES string of the molecule is NC(=O)C1(N2CCN(S(=O)(=O)c3ccc4nc(N5CCOc6cccc(F)c6C5)sc4c3)CC2)CC1. The fourth-order valence-electron chi connectivity index (χ4n) is 5.06. The summed E-state index contributed by atoms with van der Waals surface area (Å²) in [7, 11) is -3.70. The molecule has 190 valence electrons. The highest BCUT2D eigenvalue weighted by molar-refractivity contribution is 7.89. The average molecular weight is 532 g/mol. The number of anilines is 1. The van der Waals surface area contributed by atoms with Crippen molar-refractivity contribution in [1.29, 1.82) is 0 Å². The van der Waals surface area contributed by atoms with Crippen LogP contribution in [0.25, 0.3) is 10.2 Å². The second-order valence-corrected chi connectivity index (χ2v) is 12.3. The van der Waals surface area contributed by atoms with E-state index in [9.17, 15) is 17.6 Å². The molecule has 3 aromatic rings. The number of benzene rings is 2. The summed E-state index contributed by atoms with van der Waals surface area (Å²) < 4.78 is 49.1. The van der Waals surface area contributed by atoms with E-state index in [1.807, 2.05) is 9.80 Å². The number of rotatable bonds is 5. The molecule has 0 bridgehead atoms. The third-order valence-corrected chi connectivity index (χ3v) is 10.3. The lowest BCUT2D eigenvalue weighted by Crippen LogP contribution is -2.56. The summed E-state index contributed by atoms with van der Waals surface area (Å²) in [5.41, 5.74) is 6.17. The molecule has 1 amide bonds. The summed E-state index contributed by atoms with van der Waals surface area (Å²) >= 11 is 1.38. The Labute approximate surface area is 212 Å². The topological polar surface area (TPSA) is 109 Å². The van der Waals surface area contributed by atoms with Crippen molar-refractivity contribution in [2.75, 3.05) is 44.2 Å². The van der Waals surface area contributed by atoms with Crippen LogP contribution in [0.1, 0.15) is 18.4 Å². The van der Waals surface area contributed by atoms with E-state index in [4.69, 9.17) is 10.5 Å². The number of nitrogens with two attached hydrogens (primary N) is 1. The number of hydrogen-bond acceptors (Lipinski definition) is 8. The first-order chi connectivity index (χ1) is 17.3. The normalized spacial score (nSPS) is 20.5. The molecule has 2 N–H and O–H groups in total. The zero-order chi connectivity index (χ0) is 25.1. The molecular weight excluding hydrogens is 505 g/mol. The number of nitrogens with zero attached hydrogens (tertiary/aromatic N) is 4. The molecule has 9 nitrogen and oxygen atoms in total. The molecule has 1 saturated carbocycles. The lowest BCUT2D eigenvalue weighted by Gasteiger charge is -2.37. The number of amides is 1. The second-order valence-electron chi connectivity index (χ2n) is 9.40. The van der Waals surface area contributed by atoms with Gasteiger partial charge in [-0.3, -0.25) is 9.69 Å². The van der Waals surface area contributed by atoms with Crippen LogP contribution in [0, 0.1) is 5.82 Å². The van der Waals surface area contributed by atoms with Gasteiger partial charge in [0.2, 0.25) is 15.9 Å². The Morgan fingerprint density at radius 2 is 1.89 bits per heavy atom. The molecule has 1 aromatic heterocycles. The van der Waals surface area contributed by atoms with E-state index in [0.717, 1.165) is 17.5 Å². The molecule has 36 heavy (non-hydrogen) atoms. The highest BCUT2D eigenvalue weighted by atomic mass is 32.2. The van der Waals surface area contributed by atoms with E-state index in [2.05, 4.69) is 4.98 Å². The fourth-order valence-corrected chi connectivity index (χ4v) is 7.61. The first kappa shape index (κ1) is 23.6. The molecule has 2 aliphatic heterocycles. The summed E-state index contributed by atoms with van der Waals surface area (Å²) in [4.78, 5) is 20.7. The molecule has 3 aliphatic rings. The van der Waals surface area contributed by atoms with E-state index in [-0.39, 0.29) is 16.6 Å². The Kier molecular flexibility index (Phi) is 5.67. The van der Waals surface area contributed by atoms with Gasteiger partial charge >= 0.3 is 0 Å². The molecule has 12 heteroatoms. The molecule has 0 radical (unpaired) electrons. The van der Waals surface area contributed by atoms with Gasteiger partial charge in [0.25, 0.3) is 0 Å². The molecule has 6 rings (SSSR count). The molecule has 0 spiro atoms. The van der Waals surface area contributed by atoms with E-state index < -0.39 is 15.6 Å². The molecule has 2 aromatic carbocycles. The maximum atomic E-state index is 14.4. The number of ether oxygens (including phenoxy) is 1. The van der Waals surface area contributed by atoms with Crippen molar-refractivity contribution in [3.05, 3.63) is 47.8 Å². The van der Waals surface area contributed by atoms with Crippen LogP contribution in [0.15, 0.2) is 41.3 Å². The van der Waals surface area contributed by atoms with E-state index in [1.165, 1.54) is 21.7 Å². The summed E-state index contributed by atoms with van der Waals surface area (Å²) in [5.74, 6) is -0.111. The summed E-state index contributed by atoms with van der Waals surface area (Å²) in [6.45, 7) is 2.83. The van der Waals surface area contributed by atoms with E-state index >= 15 is 0 Å². The van der Waals surface area contributed by atoms with Crippen molar-refractivity contribution in [2.24, 2.45) is 5.73 Å². The summed E-state index contributed by atoms with van der Waals surface area (Å²) in [5, 5.41) is 0.689. The van der Waals surface area contributed by atoms with Crippen LogP contribution >= 0.6 is 11.3 Å². The van der Waals surface area contributed by atoms with Crippen molar-refractivity contribution in [1.82, 2.24) is 14.2 Å². The molecular formula is C24H26FN5O4S2. The summed E-state index contributed by atoms with van der Waals surface area (Å²) in [6, 6.07) is 9.76. The Morgan fingerprint density at radius 3 is 2.61 bits per heavy atom. The minimum atomic E-state index is -3.70. The first-order valence-electron chi connectivity index (χ1n) is 11.9. The van der Waals surface area contributed by atoms with Crippen LogP contribution in [-0.2, 0) is 21.4 Å². The maximum absolute atomic E-state index is 14.4. The van der Waals surface area contributed by atoms with Gasteiger partial charge in [0.15, 0.2) is 5.13 Å². The van der Waals surface area contributed by atoms with E-state index in [0.29, 0.717) is 67.8 Å².